The topological polar surface area (TPSA) is 71.5 Å². The maximum absolute atomic E-state index is 12.6. The molecule has 1 saturated heterocycles. The van der Waals surface area contributed by atoms with Crippen molar-refractivity contribution < 1.29 is 9.53 Å². The Morgan fingerprint density at radius 2 is 1.95 bits per heavy atom. The van der Waals surface area contributed by atoms with E-state index < -0.39 is 0 Å². The number of piperazine rings is 1. The van der Waals surface area contributed by atoms with Crippen LogP contribution in [-0.4, -0.2) is 59.0 Å². The lowest BCUT2D eigenvalue weighted by molar-refractivity contribution is 0.0742. The van der Waals surface area contributed by atoms with E-state index in [0.29, 0.717) is 24.5 Å². The Morgan fingerprint density at radius 3 is 2.64 bits per heavy atom. The van der Waals surface area contributed by atoms with E-state index >= 15 is 0 Å². The van der Waals surface area contributed by atoms with Gasteiger partial charge in [-0.3, -0.25) is 9.78 Å². The fourth-order valence-electron chi connectivity index (χ4n) is 2.48. The average molecular weight is 299 g/mol. The number of aromatic nitrogens is 3. The summed E-state index contributed by atoms with van der Waals surface area (Å²) >= 11 is 0. The highest BCUT2D eigenvalue weighted by Gasteiger charge is 2.25. The van der Waals surface area contributed by atoms with E-state index in [0.717, 1.165) is 18.9 Å². The second-order valence-corrected chi connectivity index (χ2v) is 4.90. The summed E-state index contributed by atoms with van der Waals surface area (Å²) in [5.41, 5.74) is 0.498. The van der Waals surface area contributed by atoms with E-state index in [1.807, 2.05) is 4.90 Å². The van der Waals surface area contributed by atoms with E-state index in [1.165, 1.54) is 7.11 Å². The molecule has 0 radical (unpaired) electrons. The van der Waals surface area contributed by atoms with Crippen LogP contribution in [-0.2, 0) is 0 Å². The monoisotopic (exact) mass is 299 g/mol. The summed E-state index contributed by atoms with van der Waals surface area (Å²) < 4.78 is 5.16. The van der Waals surface area contributed by atoms with Gasteiger partial charge in [0.2, 0.25) is 5.88 Å². The van der Waals surface area contributed by atoms with Crippen LogP contribution in [0.15, 0.2) is 36.9 Å². The zero-order valence-electron chi connectivity index (χ0n) is 12.3. The summed E-state index contributed by atoms with van der Waals surface area (Å²) in [5, 5.41) is 0. The van der Waals surface area contributed by atoms with Crippen LogP contribution in [0.5, 0.6) is 5.88 Å². The number of pyridine rings is 1. The molecule has 22 heavy (non-hydrogen) atoms. The van der Waals surface area contributed by atoms with Crippen LogP contribution in [0, 0.1) is 0 Å². The van der Waals surface area contributed by atoms with Crippen LogP contribution >= 0.6 is 0 Å². The summed E-state index contributed by atoms with van der Waals surface area (Å²) in [4.78, 5) is 29.0. The van der Waals surface area contributed by atoms with Crippen molar-refractivity contribution in [3.8, 4) is 5.88 Å². The highest BCUT2D eigenvalue weighted by molar-refractivity contribution is 5.96. The Bertz CT molecular complexity index is 641. The highest BCUT2D eigenvalue weighted by atomic mass is 16.5. The summed E-state index contributed by atoms with van der Waals surface area (Å²) in [6.07, 6.45) is 6.68. The zero-order valence-corrected chi connectivity index (χ0v) is 12.3. The largest absolute Gasteiger partial charge is 0.480 e. The van der Waals surface area contributed by atoms with Gasteiger partial charge in [-0.05, 0) is 12.1 Å². The minimum absolute atomic E-state index is 0.0521. The summed E-state index contributed by atoms with van der Waals surface area (Å²) in [7, 11) is 1.52. The van der Waals surface area contributed by atoms with Gasteiger partial charge < -0.3 is 14.5 Å². The first-order chi connectivity index (χ1) is 10.8. The van der Waals surface area contributed by atoms with Gasteiger partial charge in [0.15, 0.2) is 0 Å². The van der Waals surface area contributed by atoms with E-state index in [-0.39, 0.29) is 5.91 Å². The fourth-order valence-corrected chi connectivity index (χ4v) is 2.48. The first-order valence-corrected chi connectivity index (χ1v) is 7.09. The Labute approximate surface area is 128 Å². The molecule has 3 heterocycles. The number of rotatable bonds is 3. The second-order valence-electron chi connectivity index (χ2n) is 4.90. The third-order valence-electron chi connectivity index (χ3n) is 3.64. The summed E-state index contributed by atoms with van der Waals surface area (Å²) in [5.74, 6) is 1.15. The van der Waals surface area contributed by atoms with Crippen molar-refractivity contribution in [3.63, 3.8) is 0 Å². The molecule has 114 valence electrons. The van der Waals surface area contributed by atoms with E-state index in [4.69, 9.17) is 4.74 Å². The number of ether oxygens (including phenoxy) is 1. The predicted molar refractivity (Wildman–Crippen MR) is 80.9 cm³/mol. The minimum Gasteiger partial charge on any atom is -0.480 e. The molecule has 7 heteroatoms. The Kier molecular flexibility index (Phi) is 4.13. The van der Waals surface area contributed by atoms with Gasteiger partial charge in [0.1, 0.15) is 11.4 Å². The van der Waals surface area contributed by atoms with Crippen LogP contribution in [0.4, 0.5) is 5.82 Å². The number of methoxy groups -OCH3 is 1. The molecule has 0 saturated carbocycles. The van der Waals surface area contributed by atoms with Gasteiger partial charge in [-0.2, -0.15) is 0 Å². The lowest BCUT2D eigenvalue weighted by Gasteiger charge is -2.35. The van der Waals surface area contributed by atoms with Gasteiger partial charge >= 0.3 is 0 Å². The summed E-state index contributed by atoms with van der Waals surface area (Å²) in [6.45, 7) is 2.72. The average Bonchev–Trinajstić information content (AvgIpc) is 2.62. The van der Waals surface area contributed by atoms with Crippen molar-refractivity contribution >= 4 is 11.7 Å². The van der Waals surface area contributed by atoms with E-state index in [2.05, 4.69) is 19.9 Å². The third-order valence-corrected chi connectivity index (χ3v) is 3.64. The Hall–Kier alpha value is -2.70. The zero-order chi connectivity index (χ0) is 15.4. The van der Waals surface area contributed by atoms with Crippen molar-refractivity contribution in [1.82, 2.24) is 19.9 Å². The number of amides is 1. The smallest absolute Gasteiger partial charge is 0.259 e. The van der Waals surface area contributed by atoms with Gasteiger partial charge in [0.25, 0.3) is 5.91 Å². The van der Waals surface area contributed by atoms with Crippen molar-refractivity contribution in [2.75, 3.05) is 38.2 Å². The van der Waals surface area contributed by atoms with Gasteiger partial charge in [-0.25, -0.2) is 9.97 Å². The van der Waals surface area contributed by atoms with Crippen LogP contribution in [0.3, 0.4) is 0 Å². The minimum atomic E-state index is -0.0521. The Balaban J connectivity index is 1.67. The Morgan fingerprint density at radius 1 is 1.14 bits per heavy atom. The molecule has 0 atom stereocenters. The van der Waals surface area contributed by atoms with Crippen molar-refractivity contribution in [1.29, 1.82) is 0 Å². The van der Waals surface area contributed by atoms with Gasteiger partial charge in [0.05, 0.1) is 13.3 Å². The summed E-state index contributed by atoms with van der Waals surface area (Å²) in [6, 6.07) is 3.48. The van der Waals surface area contributed by atoms with Crippen LogP contribution in [0.1, 0.15) is 10.4 Å². The standard InChI is InChI=1S/C15H17N5O2/c1-22-14-12(3-2-4-18-14)15(21)20-9-7-19(8-10-20)13-11-16-5-6-17-13/h2-6,11H,7-10H2,1H3. The molecular weight excluding hydrogens is 282 g/mol. The van der Waals surface area contributed by atoms with Crippen molar-refractivity contribution in [3.05, 3.63) is 42.5 Å². The predicted octanol–water partition coefficient (Wildman–Crippen LogP) is 0.843. The maximum atomic E-state index is 12.6. The molecule has 1 fully saturated rings. The first-order valence-electron chi connectivity index (χ1n) is 7.09. The first kappa shape index (κ1) is 14.2. The number of nitrogens with zero attached hydrogens (tertiary/aromatic N) is 5. The number of hydrogen-bond acceptors (Lipinski definition) is 6. The van der Waals surface area contributed by atoms with E-state index in [9.17, 15) is 4.79 Å². The third kappa shape index (κ3) is 2.83. The lowest BCUT2D eigenvalue weighted by atomic mass is 10.2. The number of anilines is 1. The molecule has 1 amide bonds. The molecule has 0 spiro atoms. The van der Waals surface area contributed by atoms with Crippen LogP contribution in [0.25, 0.3) is 0 Å². The molecule has 0 bridgehead atoms. The molecular formula is C15H17N5O2. The van der Waals surface area contributed by atoms with Gasteiger partial charge in [0, 0.05) is 44.8 Å². The molecule has 3 rings (SSSR count). The molecule has 0 unspecified atom stereocenters. The van der Waals surface area contributed by atoms with Gasteiger partial charge in [-0.1, -0.05) is 0 Å². The normalized spacial score (nSPS) is 14.8. The number of hydrogen-bond donors (Lipinski definition) is 0. The highest BCUT2D eigenvalue weighted by Crippen LogP contribution is 2.18. The molecule has 2 aromatic heterocycles. The quantitative estimate of drug-likeness (QED) is 0.836. The molecule has 0 N–H and O–H groups in total. The second kappa shape index (κ2) is 6.38. The van der Waals surface area contributed by atoms with Crippen molar-refractivity contribution in [2.45, 2.75) is 0 Å². The fraction of sp³-hybridized carbons (Fsp3) is 0.333. The molecule has 0 aromatic carbocycles. The SMILES string of the molecule is COc1ncccc1C(=O)N1CCN(c2cnccn2)CC1. The van der Waals surface area contributed by atoms with Crippen LogP contribution in [0.2, 0.25) is 0 Å². The van der Waals surface area contributed by atoms with Crippen molar-refractivity contribution in [2.24, 2.45) is 0 Å². The van der Waals surface area contributed by atoms with Gasteiger partial charge in [-0.15, -0.1) is 0 Å². The molecule has 7 nitrogen and oxygen atoms in total. The van der Waals surface area contributed by atoms with Crippen LogP contribution < -0.4 is 9.64 Å². The lowest BCUT2D eigenvalue weighted by Crippen LogP contribution is -2.49. The van der Waals surface area contributed by atoms with E-state index in [1.54, 1.807) is 36.9 Å². The molecule has 0 aliphatic carbocycles. The number of carbonyl (C=O) groups excluding carboxylic acids is 1. The number of carbonyl (C=O) groups is 1. The molecule has 2 aromatic rings. The maximum Gasteiger partial charge on any atom is 0.259 e. The molecule has 1 aliphatic rings. The molecule has 1 aliphatic heterocycles.